The number of carbonyl (C=O) groups is 1. The van der Waals surface area contributed by atoms with Crippen LogP contribution in [0, 0.1) is 0 Å². The van der Waals surface area contributed by atoms with Crippen molar-refractivity contribution in [3.63, 3.8) is 0 Å². The van der Waals surface area contributed by atoms with E-state index in [1.54, 1.807) is 25.3 Å². The minimum absolute atomic E-state index is 0.231. The van der Waals surface area contributed by atoms with Crippen LogP contribution in [0.3, 0.4) is 0 Å². The van der Waals surface area contributed by atoms with Gasteiger partial charge in [-0.3, -0.25) is 9.78 Å². The average molecular weight is 201 g/mol. The van der Waals surface area contributed by atoms with Crippen LogP contribution in [-0.4, -0.2) is 11.0 Å². The second kappa shape index (κ2) is 4.09. The first-order valence-corrected chi connectivity index (χ1v) is 4.85. The molecule has 0 radical (unpaired) electrons. The summed E-state index contributed by atoms with van der Waals surface area (Å²) in [6, 6.07) is 9.27. The molecule has 2 rings (SSSR count). The number of aromatic nitrogens is 1. The second-order valence-electron chi connectivity index (χ2n) is 3.19. The Hall–Kier alpha value is -1.90. The summed E-state index contributed by atoms with van der Waals surface area (Å²) in [6.45, 7) is 1.77. The molecule has 0 aliphatic rings. The van der Waals surface area contributed by atoms with E-state index in [4.69, 9.17) is 4.74 Å². The van der Waals surface area contributed by atoms with Crippen molar-refractivity contribution in [3.05, 3.63) is 36.5 Å². The minimum atomic E-state index is -0.231. The lowest BCUT2D eigenvalue weighted by Gasteiger charge is -2.03. The van der Waals surface area contributed by atoms with Crippen molar-refractivity contribution < 1.29 is 9.53 Å². The van der Waals surface area contributed by atoms with Gasteiger partial charge in [0, 0.05) is 24.1 Å². The number of rotatable bonds is 2. The monoisotopic (exact) mass is 201 g/mol. The fourth-order valence-electron chi connectivity index (χ4n) is 1.31. The highest BCUT2D eigenvalue weighted by Gasteiger charge is 2.02. The van der Waals surface area contributed by atoms with Crippen LogP contribution >= 0.6 is 0 Å². The van der Waals surface area contributed by atoms with Crippen molar-refractivity contribution >= 4 is 16.9 Å². The molecule has 2 aromatic rings. The van der Waals surface area contributed by atoms with Gasteiger partial charge in [0.15, 0.2) is 0 Å². The van der Waals surface area contributed by atoms with Crippen LogP contribution in [-0.2, 0) is 4.79 Å². The lowest BCUT2D eigenvalue weighted by Crippen LogP contribution is -2.05. The van der Waals surface area contributed by atoms with Crippen LogP contribution in [0.5, 0.6) is 5.75 Å². The normalized spacial score (nSPS) is 10.2. The Morgan fingerprint density at radius 1 is 1.40 bits per heavy atom. The average Bonchev–Trinajstić information content (AvgIpc) is 2.29. The third-order valence-corrected chi connectivity index (χ3v) is 2.10. The molecular weight excluding hydrogens is 190 g/mol. The van der Waals surface area contributed by atoms with Gasteiger partial charge < -0.3 is 4.74 Å². The number of ether oxygens (including phenoxy) is 1. The van der Waals surface area contributed by atoms with E-state index in [0.29, 0.717) is 12.2 Å². The molecule has 0 aliphatic heterocycles. The SMILES string of the molecule is CCC(=O)Oc1ccc2cccnc2c1. The molecular formula is C12H11NO2. The van der Waals surface area contributed by atoms with Crippen LogP contribution in [0.2, 0.25) is 0 Å². The zero-order chi connectivity index (χ0) is 10.7. The largest absolute Gasteiger partial charge is 0.426 e. The zero-order valence-electron chi connectivity index (χ0n) is 8.43. The molecule has 0 spiro atoms. The zero-order valence-corrected chi connectivity index (χ0v) is 8.43. The molecule has 0 saturated carbocycles. The van der Waals surface area contributed by atoms with Crippen LogP contribution in [0.1, 0.15) is 13.3 Å². The Morgan fingerprint density at radius 2 is 2.27 bits per heavy atom. The summed E-state index contributed by atoms with van der Waals surface area (Å²) in [5.41, 5.74) is 0.832. The molecule has 3 nitrogen and oxygen atoms in total. The first kappa shape index (κ1) is 9.65. The lowest BCUT2D eigenvalue weighted by molar-refractivity contribution is -0.134. The van der Waals surface area contributed by atoms with Gasteiger partial charge in [-0.15, -0.1) is 0 Å². The summed E-state index contributed by atoms with van der Waals surface area (Å²) < 4.78 is 5.09. The second-order valence-corrected chi connectivity index (χ2v) is 3.19. The van der Waals surface area contributed by atoms with Crippen LogP contribution < -0.4 is 4.74 Å². The third kappa shape index (κ3) is 2.13. The number of fused-ring (bicyclic) bond motifs is 1. The van der Waals surface area contributed by atoms with E-state index < -0.39 is 0 Å². The van der Waals surface area contributed by atoms with E-state index >= 15 is 0 Å². The fraction of sp³-hybridized carbons (Fsp3) is 0.167. The first-order chi connectivity index (χ1) is 7.29. The maximum Gasteiger partial charge on any atom is 0.310 e. The van der Waals surface area contributed by atoms with E-state index in [1.807, 2.05) is 18.2 Å². The highest BCUT2D eigenvalue weighted by atomic mass is 16.5. The van der Waals surface area contributed by atoms with E-state index in [9.17, 15) is 4.79 Å². The van der Waals surface area contributed by atoms with Crippen molar-refractivity contribution in [3.8, 4) is 5.75 Å². The fourth-order valence-corrected chi connectivity index (χ4v) is 1.31. The first-order valence-electron chi connectivity index (χ1n) is 4.85. The van der Waals surface area contributed by atoms with Crippen molar-refractivity contribution in [2.45, 2.75) is 13.3 Å². The van der Waals surface area contributed by atoms with Gasteiger partial charge in [-0.05, 0) is 18.2 Å². The summed E-state index contributed by atoms with van der Waals surface area (Å²) in [5, 5.41) is 1.04. The molecule has 1 aromatic heterocycles. The van der Waals surface area contributed by atoms with E-state index in [0.717, 1.165) is 10.9 Å². The molecule has 1 aromatic carbocycles. The Labute approximate surface area is 87.7 Å². The van der Waals surface area contributed by atoms with Gasteiger partial charge >= 0.3 is 5.97 Å². The van der Waals surface area contributed by atoms with E-state index in [-0.39, 0.29) is 5.97 Å². The van der Waals surface area contributed by atoms with Crippen molar-refractivity contribution in [2.24, 2.45) is 0 Å². The highest BCUT2D eigenvalue weighted by molar-refractivity contribution is 5.81. The molecule has 15 heavy (non-hydrogen) atoms. The predicted molar refractivity (Wildman–Crippen MR) is 57.7 cm³/mol. The van der Waals surface area contributed by atoms with Crippen LogP contribution in [0.15, 0.2) is 36.5 Å². The number of pyridine rings is 1. The Kier molecular flexibility index (Phi) is 2.63. The lowest BCUT2D eigenvalue weighted by atomic mass is 10.2. The quantitative estimate of drug-likeness (QED) is 0.553. The van der Waals surface area contributed by atoms with Crippen molar-refractivity contribution in [1.29, 1.82) is 0 Å². The number of hydrogen-bond donors (Lipinski definition) is 0. The van der Waals surface area contributed by atoms with Gasteiger partial charge in [-0.1, -0.05) is 13.0 Å². The summed E-state index contributed by atoms with van der Waals surface area (Å²) in [5.74, 6) is 0.318. The molecule has 0 amide bonds. The third-order valence-electron chi connectivity index (χ3n) is 2.10. The Balaban J connectivity index is 2.34. The molecule has 1 heterocycles. The maximum absolute atomic E-state index is 11.1. The molecule has 0 unspecified atom stereocenters. The standard InChI is InChI=1S/C12H11NO2/c1-2-12(14)15-10-6-5-9-4-3-7-13-11(9)8-10/h3-8H,2H2,1H3. The smallest absolute Gasteiger partial charge is 0.310 e. The van der Waals surface area contributed by atoms with E-state index in [1.165, 1.54) is 0 Å². The van der Waals surface area contributed by atoms with Crippen LogP contribution in [0.4, 0.5) is 0 Å². The molecule has 3 heteroatoms. The number of nitrogens with zero attached hydrogens (tertiary/aromatic N) is 1. The molecule has 0 N–H and O–H groups in total. The Bertz CT molecular complexity index is 494. The minimum Gasteiger partial charge on any atom is -0.426 e. The highest BCUT2D eigenvalue weighted by Crippen LogP contribution is 2.18. The van der Waals surface area contributed by atoms with Crippen molar-refractivity contribution in [2.75, 3.05) is 0 Å². The predicted octanol–water partition coefficient (Wildman–Crippen LogP) is 2.55. The van der Waals surface area contributed by atoms with Gasteiger partial charge in [0.25, 0.3) is 0 Å². The molecule has 0 bridgehead atoms. The van der Waals surface area contributed by atoms with Crippen LogP contribution in [0.25, 0.3) is 10.9 Å². The molecule has 0 fully saturated rings. The number of esters is 1. The van der Waals surface area contributed by atoms with Gasteiger partial charge in [-0.25, -0.2) is 0 Å². The molecule has 0 aliphatic carbocycles. The van der Waals surface area contributed by atoms with Gasteiger partial charge in [0.05, 0.1) is 5.52 Å². The van der Waals surface area contributed by atoms with Crippen molar-refractivity contribution in [1.82, 2.24) is 4.98 Å². The number of carbonyl (C=O) groups excluding carboxylic acids is 1. The summed E-state index contributed by atoms with van der Waals surface area (Å²) in [4.78, 5) is 15.3. The topological polar surface area (TPSA) is 39.2 Å². The molecule has 76 valence electrons. The Morgan fingerprint density at radius 3 is 3.07 bits per heavy atom. The molecule has 0 saturated heterocycles. The van der Waals surface area contributed by atoms with Gasteiger partial charge in [0.1, 0.15) is 5.75 Å². The van der Waals surface area contributed by atoms with Gasteiger partial charge in [-0.2, -0.15) is 0 Å². The number of hydrogen-bond acceptors (Lipinski definition) is 3. The summed E-state index contributed by atoms with van der Waals surface area (Å²) in [6.07, 6.45) is 2.09. The molecule has 0 atom stereocenters. The van der Waals surface area contributed by atoms with Gasteiger partial charge in [0.2, 0.25) is 0 Å². The summed E-state index contributed by atoms with van der Waals surface area (Å²) in [7, 11) is 0. The maximum atomic E-state index is 11.1. The van der Waals surface area contributed by atoms with E-state index in [2.05, 4.69) is 4.98 Å². The number of benzene rings is 1. The summed E-state index contributed by atoms with van der Waals surface area (Å²) >= 11 is 0.